The van der Waals surface area contributed by atoms with E-state index in [0.29, 0.717) is 0 Å². The van der Waals surface area contributed by atoms with Gasteiger partial charge in [0.25, 0.3) is 0 Å². The molecule has 1 aliphatic rings. The molecule has 182 valence electrons. The maximum Gasteiger partial charge on any atom is 0.185 e. The minimum atomic E-state index is -2.51. The van der Waals surface area contributed by atoms with E-state index in [0.717, 1.165) is 0 Å². The summed E-state index contributed by atoms with van der Waals surface area (Å²) < 4.78 is 22.3. The van der Waals surface area contributed by atoms with Crippen molar-refractivity contribution in [2.24, 2.45) is 4.41 Å². The van der Waals surface area contributed by atoms with Gasteiger partial charge in [0.05, 0.1) is 0 Å². The minimum absolute atomic E-state index is 0.0344. The van der Waals surface area contributed by atoms with Crippen LogP contribution in [0.1, 0.15) is 30.0 Å². The van der Waals surface area contributed by atoms with Crippen LogP contribution in [-0.4, -0.2) is 34.3 Å². The first kappa shape index (κ1) is 25.6. The largest absolute Gasteiger partial charge is 0.402 e. The monoisotopic (exact) mass is 510 g/mol. The van der Waals surface area contributed by atoms with E-state index in [1.165, 1.54) is 21.9 Å². The number of fused-ring (bicyclic) bond motifs is 1. The molecule has 4 atom stereocenters. The molecule has 0 N–H and O–H groups in total. The Labute approximate surface area is 207 Å². The highest BCUT2D eigenvalue weighted by Gasteiger charge is 2.51. The van der Waals surface area contributed by atoms with Crippen molar-refractivity contribution < 1.29 is 8.95 Å². The molecule has 1 fully saturated rings. The molecule has 0 radical (unpaired) electrons. The zero-order valence-electron chi connectivity index (χ0n) is 21.8. The molecule has 34 heavy (non-hydrogen) atoms. The van der Waals surface area contributed by atoms with Gasteiger partial charge in [-0.1, -0.05) is 66.7 Å². The van der Waals surface area contributed by atoms with Crippen LogP contribution < -0.4 is 0 Å². The van der Waals surface area contributed by atoms with E-state index in [1.807, 2.05) is 0 Å². The van der Waals surface area contributed by atoms with Gasteiger partial charge in [0.1, 0.15) is 11.9 Å². The number of likely N-dealkylation sites (N-methyl/N-ethyl adjacent to an activating group) is 1. The van der Waals surface area contributed by atoms with E-state index in [4.69, 9.17) is 13.4 Å². The summed E-state index contributed by atoms with van der Waals surface area (Å²) in [6, 6.07) is 26.1. The van der Waals surface area contributed by atoms with Gasteiger partial charge in [-0.3, -0.25) is 0 Å². The van der Waals surface area contributed by atoms with Crippen molar-refractivity contribution in [3.8, 4) is 0 Å². The zero-order chi connectivity index (χ0) is 24.7. The van der Waals surface area contributed by atoms with Gasteiger partial charge in [-0.15, -0.1) is 0 Å². The fourth-order valence-corrected chi connectivity index (χ4v) is 13.9. The third-order valence-electron chi connectivity index (χ3n) is 6.15. The van der Waals surface area contributed by atoms with Crippen molar-refractivity contribution in [2.45, 2.75) is 64.2 Å². The van der Waals surface area contributed by atoms with Gasteiger partial charge in [0.15, 0.2) is 24.0 Å². The number of hydrogen-bond acceptors (Lipinski definition) is 3. The van der Waals surface area contributed by atoms with Gasteiger partial charge in [-0.2, -0.15) is 0 Å². The molecule has 0 bridgehead atoms. The Morgan fingerprint density at radius 1 is 0.882 bits per heavy atom. The summed E-state index contributed by atoms with van der Waals surface area (Å²) in [4.78, 5) is 0. The Kier molecular flexibility index (Phi) is 7.13. The first-order valence-electron chi connectivity index (χ1n) is 12.2. The molecule has 0 aromatic heterocycles. The molecule has 3 aromatic carbocycles. The van der Waals surface area contributed by atoms with Crippen molar-refractivity contribution >= 4 is 34.8 Å². The Balaban J connectivity index is 1.94. The normalized spacial score (nSPS) is 24.9. The highest BCUT2D eigenvalue weighted by Crippen LogP contribution is 2.73. The maximum absolute atomic E-state index is 7.21. The van der Waals surface area contributed by atoms with Crippen molar-refractivity contribution in [3.05, 3.63) is 83.9 Å². The van der Waals surface area contributed by atoms with Crippen LogP contribution in [0.2, 0.25) is 39.3 Å². The van der Waals surface area contributed by atoms with Gasteiger partial charge in [0, 0.05) is 6.04 Å². The van der Waals surface area contributed by atoms with Crippen LogP contribution in [0.3, 0.4) is 0 Å². The average molecular weight is 511 g/mol. The van der Waals surface area contributed by atoms with E-state index >= 15 is 0 Å². The van der Waals surface area contributed by atoms with E-state index in [2.05, 4.69) is 131 Å². The van der Waals surface area contributed by atoms with E-state index in [-0.39, 0.29) is 18.0 Å². The smallest absolute Gasteiger partial charge is 0.185 e. The number of benzene rings is 3. The second-order valence-corrected chi connectivity index (χ2v) is 23.4. The molecule has 1 unspecified atom stereocenters. The highest BCUT2D eigenvalue weighted by atomic mass is 31.2. The molecule has 4 rings (SSSR count). The van der Waals surface area contributed by atoms with Crippen LogP contribution in [0.25, 0.3) is 10.8 Å². The van der Waals surface area contributed by atoms with E-state index in [1.54, 1.807) is 0 Å². The molecule has 0 spiro atoms. The van der Waals surface area contributed by atoms with Crippen molar-refractivity contribution in [1.82, 2.24) is 4.67 Å². The van der Waals surface area contributed by atoms with Crippen LogP contribution in [0.4, 0.5) is 0 Å². The minimum Gasteiger partial charge on any atom is -0.402 e. The van der Waals surface area contributed by atoms with Crippen LogP contribution in [-0.2, 0) is 8.95 Å². The summed E-state index contributed by atoms with van der Waals surface area (Å²) >= 11 is 0. The molecule has 0 aliphatic carbocycles. The second kappa shape index (κ2) is 9.49. The summed E-state index contributed by atoms with van der Waals surface area (Å²) in [6.07, 6.45) is -0.0344. The molecule has 1 saturated heterocycles. The Hall–Kier alpha value is -1.54. The van der Waals surface area contributed by atoms with Gasteiger partial charge < -0.3 is 13.4 Å². The lowest BCUT2D eigenvalue weighted by Crippen LogP contribution is -2.32. The van der Waals surface area contributed by atoms with Gasteiger partial charge in [0.2, 0.25) is 0 Å². The molecule has 7 heteroatoms. The Bertz CT molecular complexity index is 1200. The Morgan fingerprint density at radius 3 is 2.12 bits per heavy atom. The molecule has 3 aromatic rings. The standard InChI is InChI=1S/C27H39N2O2PSi2/c1-21-26(23-15-10-9-11-16-23)30-32(29(21)2,28-33(3,4)5)27(31-34(6,7)8)25-19-18-22-14-12-13-17-24(22)20-25/h9-21,26-27H,1-8H3/t21-,26-,27+,32?/m0/s1. The fraction of sp³-hybridized carbons (Fsp3) is 0.407. The van der Waals surface area contributed by atoms with Crippen molar-refractivity contribution in [3.63, 3.8) is 0 Å². The van der Waals surface area contributed by atoms with Gasteiger partial charge in [-0.05, 0) is 81.2 Å². The quantitative estimate of drug-likeness (QED) is 0.246. The van der Waals surface area contributed by atoms with Crippen LogP contribution >= 0.6 is 7.43 Å². The molecule has 1 heterocycles. The van der Waals surface area contributed by atoms with Gasteiger partial charge >= 0.3 is 0 Å². The second-order valence-electron chi connectivity index (χ2n) is 11.3. The lowest BCUT2D eigenvalue weighted by molar-refractivity contribution is 0.201. The number of rotatable bonds is 6. The Morgan fingerprint density at radius 2 is 1.50 bits per heavy atom. The summed E-state index contributed by atoms with van der Waals surface area (Å²) in [5.74, 6) is -0.211. The molecular formula is C27H39N2O2PSi2. The average Bonchev–Trinajstić information content (AvgIpc) is 3.02. The summed E-state index contributed by atoms with van der Waals surface area (Å²) in [6.45, 7) is 16.0. The maximum atomic E-state index is 7.21. The third-order valence-corrected chi connectivity index (χ3v) is 13.7. The van der Waals surface area contributed by atoms with Crippen LogP contribution in [0, 0.1) is 0 Å². The summed E-state index contributed by atoms with van der Waals surface area (Å²) in [7, 11) is -4.12. The van der Waals surface area contributed by atoms with Crippen LogP contribution in [0.5, 0.6) is 0 Å². The summed E-state index contributed by atoms with van der Waals surface area (Å²) in [5, 5.41) is 2.47. The first-order chi connectivity index (χ1) is 15.9. The molecule has 1 aliphatic heterocycles. The fourth-order valence-electron chi connectivity index (χ4n) is 4.59. The lowest BCUT2D eigenvalue weighted by atomic mass is 10.0. The predicted molar refractivity (Wildman–Crippen MR) is 151 cm³/mol. The van der Waals surface area contributed by atoms with E-state index in [9.17, 15) is 0 Å². The van der Waals surface area contributed by atoms with E-state index < -0.39 is 24.0 Å². The highest BCUT2D eigenvalue weighted by molar-refractivity contribution is 7.60. The molecular weight excluding hydrogens is 471 g/mol. The van der Waals surface area contributed by atoms with Gasteiger partial charge in [-0.25, -0.2) is 4.67 Å². The molecule has 0 saturated carbocycles. The number of hydrogen-bond donors (Lipinski definition) is 0. The SMILES string of the molecule is C[C@H]1[C@@H](c2ccccc2)OP(=N[Si](C)(C)C)([C@@H](O[Si](C)(C)C)c2ccc3ccccc3c2)N1C. The topological polar surface area (TPSA) is 34.1 Å². The summed E-state index contributed by atoms with van der Waals surface area (Å²) in [5.41, 5.74) is 2.38. The van der Waals surface area contributed by atoms with Crippen molar-refractivity contribution in [1.29, 1.82) is 0 Å². The lowest BCUT2D eigenvalue weighted by Gasteiger charge is -2.39. The third kappa shape index (κ3) is 5.33. The molecule has 4 nitrogen and oxygen atoms in total. The predicted octanol–water partition coefficient (Wildman–Crippen LogP) is 8.65. The zero-order valence-corrected chi connectivity index (χ0v) is 24.7. The molecule has 0 amide bonds. The first-order valence-corrected chi connectivity index (χ1v) is 20.7. The number of nitrogens with zero attached hydrogens (tertiary/aromatic N) is 2. The van der Waals surface area contributed by atoms with Crippen LogP contribution in [0.15, 0.2) is 77.2 Å². The van der Waals surface area contributed by atoms with Crippen molar-refractivity contribution in [2.75, 3.05) is 7.05 Å².